The van der Waals surface area contributed by atoms with E-state index in [0.717, 1.165) is 11.1 Å². The molecule has 3 amide bonds. The molecule has 0 fully saturated rings. The van der Waals surface area contributed by atoms with Crippen molar-refractivity contribution >= 4 is 23.8 Å². The predicted octanol–water partition coefficient (Wildman–Crippen LogP) is 1.96. The molecular formula is C21H23N3O3. The second-order valence-electron chi connectivity index (χ2n) is 6.00. The first-order chi connectivity index (χ1) is 13.0. The average Bonchev–Trinajstić information content (AvgIpc) is 2.69. The van der Waals surface area contributed by atoms with Crippen molar-refractivity contribution in [1.82, 2.24) is 10.2 Å². The standard InChI is InChI=1S/C21H23N3O3/c1-23-21(27)18-10-7-16(8-11-18)9-12-20(26)24(14-13-19(22)25)15-17-5-3-2-4-6-17/h2-12H,13-15H2,1H3,(H2,22,25)(H,23,27)/b12-9+. The minimum absolute atomic E-state index is 0.104. The zero-order valence-corrected chi connectivity index (χ0v) is 15.2. The number of rotatable bonds is 8. The maximum atomic E-state index is 12.6. The molecule has 2 rings (SSSR count). The van der Waals surface area contributed by atoms with E-state index in [2.05, 4.69) is 5.32 Å². The molecule has 0 spiro atoms. The van der Waals surface area contributed by atoms with Gasteiger partial charge >= 0.3 is 0 Å². The van der Waals surface area contributed by atoms with Gasteiger partial charge in [-0.3, -0.25) is 14.4 Å². The number of benzene rings is 2. The lowest BCUT2D eigenvalue weighted by Crippen LogP contribution is -2.32. The molecule has 3 N–H and O–H groups in total. The van der Waals surface area contributed by atoms with Gasteiger partial charge in [0.25, 0.3) is 5.91 Å². The maximum absolute atomic E-state index is 12.6. The average molecular weight is 365 g/mol. The Hall–Kier alpha value is -3.41. The molecule has 140 valence electrons. The number of hydrogen-bond donors (Lipinski definition) is 2. The lowest BCUT2D eigenvalue weighted by molar-refractivity contribution is -0.127. The van der Waals surface area contributed by atoms with Gasteiger partial charge in [-0.1, -0.05) is 42.5 Å². The summed E-state index contributed by atoms with van der Waals surface area (Å²) in [6.07, 6.45) is 3.24. The molecule has 0 aliphatic rings. The first kappa shape index (κ1) is 19.9. The van der Waals surface area contributed by atoms with Gasteiger partial charge in [0.15, 0.2) is 0 Å². The summed E-state index contributed by atoms with van der Waals surface area (Å²) in [7, 11) is 1.57. The molecule has 0 aliphatic carbocycles. The number of nitrogens with zero attached hydrogens (tertiary/aromatic N) is 1. The van der Waals surface area contributed by atoms with Gasteiger partial charge in [-0.05, 0) is 29.3 Å². The molecular weight excluding hydrogens is 342 g/mol. The Labute approximate surface area is 158 Å². The highest BCUT2D eigenvalue weighted by Crippen LogP contribution is 2.09. The van der Waals surface area contributed by atoms with E-state index < -0.39 is 5.91 Å². The Morgan fingerprint density at radius 3 is 2.30 bits per heavy atom. The Morgan fingerprint density at radius 2 is 1.70 bits per heavy atom. The third kappa shape index (κ3) is 6.43. The van der Waals surface area contributed by atoms with E-state index in [0.29, 0.717) is 12.1 Å². The minimum atomic E-state index is -0.449. The summed E-state index contributed by atoms with van der Waals surface area (Å²) in [5, 5.41) is 2.56. The summed E-state index contributed by atoms with van der Waals surface area (Å²) in [6.45, 7) is 0.649. The Balaban J connectivity index is 2.08. The van der Waals surface area contributed by atoms with E-state index in [1.807, 2.05) is 30.3 Å². The van der Waals surface area contributed by atoms with Gasteiger partial charge in [0.05, 0.1) is 0 Å². The second kappa shape index (κ2) is 9.91. The number of carbonyl (C=O) groups is 3. The molecule has 0 aromatic heterocycles. The van der Waals surface area contributed by atoms with Crippen LogP contribution in [0.1, 0.15) is 27.9 Å². The van der Waals surface area contributed by atoms with Gasteiger partial charge in [0, 0.05) is 38.2 Å². The molecule has 0 radical (unpaired) electrons. The molecule has 0 heterocycles. The number of nitrogens with one attached hydrogen (secondary N) is 1. The molecule has 0 aliphatic heterocycles. The topological polar surface area (TPSA) is 92.5 Å². The third-order valence-corrected chi connectivity index (χ3v) is 3.97. The van der Waals surface area contributed by atoms with Crippen molar-refractivity contribution in [3.63, 3.8) is 0 Å². The SMILES string of the molecule is CNC(=O)c1ccc(/C=C/C(=O)N(CCC(N)=O)Cc2ccccc2)cc1. The fraction of sp³-hybridized carbons (Fsp3) is 0.190. The summed E-state index contributed by atoms with van der Waals surface area (Å²) in [6, 6.07) is 16.5. The summed E-state index contributed by atoms with van der Waals surface area (Å²) in [4.78, 5) is 36.8. The smallest absolute Gasteiger partial charge is 0.251 e. The molecule has 27 heavy (non-hydrogen) atoms. The fourth-order valence-corrected chi connectivity index (χ4v) is 2.48. The van der Waals surface area contributed by atoms with Crippen LogP contribution >= 0.6 is 0 Å². The highest BCUT2D eigenvalue weighted by molar-refractivity contribution is 5.95. The first-order valence-corrected chi connectivity index (χ1v) is 8.61. The zero-order valence-electron chi connectivity index (χ0n) is 15.2. The van der Waals surface area contributed by atoms with E-state index in [9.17, 15) is 14.4 Å². The van der Waals surface area contributed by atoms with Gasteiger partial charge < -0.3 is 16.0 Å². The summed E-state index contributed by atoms with van der Waals surface area (Å²) in [5.74, 6) is -0.827. The van der Waals surface area contributed by atoms with E-state index >= 15 is 0 Å². The highest BCUT2D eigenvalue weighted by Gasteiger charge is 2.12. The molecule has 2 aromatic rings. The third-order valence-electron chi connectivity index (χ3n) is 3.97. The van der Waals surface area contributed by atoms with E-state index in [4.69, 9.17) is 5.73 Å². The fourth-order valence-electron chi connectivity index (χ4n) is 2.48. The number of primary amides is 1. The molecule has 0 unspecified atom stereocenters. The number of nitrogens with two attached hydrogens (primary N) is 1. The monoisotopic (exact) mass is 365 g/mol. The van der Waals surface area contributed by atoms with Gasteiger partial charge in [-0.15, -0.1) is 0 Å². The van der Waals surface area contributed by atoms with Crippen LogP contribution in [-0.2, 0) is 16.1 Å². The number of carbonyl (C=O) groups excluding carboxylic acids is 3. The van der Waals surface area contributed by atoms with E-state index in [1.165, 1.54) is 6.08 Å². The van der Waals surface area contributed by atoms with Gasteiger partial charge in [-0.2, -0.15) is 0 Å². The van der Waals surface area contributed by atoms with Gasteiger partial charge in [0.1, 0.15) is 0 Å². The van der Waals surface area contributed by atoms with Crippen LogP contribution in [0.15, 0.2) is 60.7 Å². The quantitative estimate of drug-likeness (QED) is 0.701. The van der Waals surface area contributed by atoms with Crippen LogP contribution in [0.4, 0.5) is 0 Å². The Kier molecular flexibility index (Phi) is 7.31. The van der Waals surface area contributed by atoms with Crippen LogP contribution in [0.5, 0.6) is 0 Å². The highest BCUT2D eigenvalue weighted by atomic mass is 16.2. The number of amides is 3. The maximum Gasteiger partial charge on any atom is 0.251 e. The van der Waals surface area contributed by atoms with Gasteiger partial charge in [-0.25, -0.2) is 0 Å². The van der Waals surface area contributed by atoms with Crippen molar-refractivity contribution in [3.8, 4) is 0 Å². The normalized spacial score (nSPS) is 10.6. The predicted molar refractivity (Wildman–Crippen MR) is 105 cm³/mol. The van der Waals surface area contributed by atoms with Gasteiger partial charge in [0.2, 0.25) is 11.8 Å². The molecule has 0 saturated carbocycles. The lowest BCUT2D eigenvalue weighted by atomic mass is 10.1. The number of hydrogen-bond acceptors (Lipinski definition) is 3. The van der Waals surface area contributed by atoms with Crippen LogP contribution in [0.25, 0.3) is 6.08 Å². The Morgan fingerprint density at radius 1 is 1.04 bits per heavy atom. The van der Waals surface area contributed by atoms with Crippen LogP contribution in [0, 0.1) is 0 Å². The van der Waals surface area contributed by atoms with Crippen LogP contribution in [0.2, 0.25) is 0 Å². The first-order valence-electron chi connectivity index (χ1n) is 8.61. The zero-order chi connectivity index (χ0) is 19.6. The summed E-state index contributed by atoms with van der Waals surface area (Å²) < 4.78 is 0. The molecule has 0 bridgehead atoms. The van der Waals surface area contributed by atoms with Crippen molar-refractivity contribution in [2.75, 3.05) is 13.6 Å². The summed E-state index contributed by atoms with van der Waals surface area (Å²) >= 11 is 0. The molecule has 6 heteroatoms. The largest absolute Gasteiger partial charge is 0.370 e. The Bertz CT molecular complexity index is 814. The molecule has 0 saturated heterocycles. The molecule has 0 atom stereocenters. The van der Waals surface area contributed by atoms with E-state index in [1.54, 1.807) is 42.3 Å². The lowest BCUT2D eigenvalue weighted by Gasteiger charge is -2.20. The van der Waals surface area contributed by atoms with E-state index in [-0.39, 0.29) is 24.8 Å². The second-order valence-corrected chi connectivity index (χ2v) is 6.00. The van der Waals surface area contributed by atoms with Crippen molar-refractivity contribution in [3.05, 3.63) is 77.4 Å². The van der Waals surface area contributed by atoms with Crippen molar-refractivity contribution in [2.24, 2.45) is 5.73 Å². The van der Waals surface area contributed by atoms with Crippen molar-refractivity contribution in [1.29, 1.82) is 0 Å². The van der Waals surface area contributed by atoms with Crippen LogP contribution < -0.4 is 11.1 Å². The molecule has 6 nitrogen and oxygen atoms in total. The summed E-state index contributed by atoms with van der Waals surface area (Å²) in [5.41, 5.74) is 7.54. The minimum Gasteiger partial charge on any atom is -0.370 e. The molecule has 2 aromatic carbocycles. The van der Waals surface area contributed by atoms with Crippen LogP contribution in [0.3, 0.4) is 0 Å². The van der Waals surface area contributed by atoms with Crippen molar-refractivity contribution in [2.45, 2.75) is 13.0 Å². The van der Waals surface area contributed by atoms with Crippen LogP contribution in [-0.4, -0.2) is 36.2 Å². The van der Waals surface area contributed by atoms with Crippen molar-refractivity contribution < 1.29 is 14.4 Å².